The molecule has 0 radical (unpaired) electrons. The van der Waals surface area contributed by atoms with E-state index in [9.17, 15) is 12.3 Å². The second kappa shape index (κ2) is 3.03. The van der Waals surface area contributed by atoms with E-state index in [2.05, 4.69) is 0 Å². The molecule has 0 atom stereocenters. The van der Waals surface area contributed by atoms with Gasteiger partial charge in [0, 0.05) is 0 Å². The Labute approximate surface area is 56.1 Å². The van der Waals surface area contributed by atoms with Gasteiger partial charge >= 0.3 is 38.9 Å². The molecular weight excluding hydrogens is 124 g/mol. The van der Waals surface area contributed by atoms with E-state index in [-0.39, 0.29) is 29.6 Å². The van der Waals surface area contributed by atoms with Crippen LogP contribution in [-0.4, -0.2) is 9.32 Å². The largest absolute Gasteiger partial charge is 1.00 e. The molecule has 0 aliphatic rings. The Kier molecular flexibility index (Phi) is 5.08. The molecule has 0 spiro atoms. The number of halogens is 3. The molecule has 6 heteroatoms. The van der Waals surface area contributed by atoms with Crippen LogP contribution in [0, 0.1) is 0 Å². The quantitative estimate of drug-likeness (QED) is 0.245. The number of rotatable bonds is 0. The summed E-state index contributed by atoms with van der Waals surface area (Å²) in [4.78, 5) is 8.24. The Morgan fingerprint density at radius 2 is 1.17 bits per heavy atom. The van der Waals surface area contributed by atoms with Gasteiger partial charge in [0.25, 0.3) is 0 Å². The van der Waals surface area contributed by atoms with E-state index in [0.29, 0.717) is 0 Å². The first-order valence-electron chi connectivity index (χ1n) is 0.771. The molecule has 0 aromatic carbocycles. The summed E-state index contributed by atoms with van der Waals surface area (Å²) in [5, 5.41) is 0. The first-order valence-corrected chi connectivity index (χ1v) is 2.31. The third-order valence-corrected chi connectivity index (χ3v) is 0. The third kappa shape index (κ3) is 83.6. The van der Waals surface area contributed by atoms with E-state index in [4.69, 9.17) is 4.80 Å². The van der Waals surface area contributed by atoms with Gasteiger partial charge in [-0.3, -0.25) is 0 Å². The Hall–Kier alpha value is 0.967. The van der Waals surface area contributed by atoms with Crippen molar-refractivity contribution in [2.45, 2.75) is 0 Å². The molecule has 0 aliphatic heterocycles. The summed E-state index contributed by atoms with van der Waals surface area (Å²) < 4.78 is 29.8. The molecule has 0 amide bonds. The van der Waals surface area contributed by atoms with E-state index < -0.39 is 9.32 Å². The molecule has 0 N–H and O–H groups in total. The Bertz CT molecular complexity index is 26.3. The molecule has 32 valence electrons. The summed E-state index contributed by atoms with van der Waals surface area (Å²) in [6, 6.07) is 0. The number of hydrogen-bond donors (Lipinski definition) is 0. The van der Waals surface area contributed by atoms with Crippen LogP contribution in [-0.2, 0) is 0 Å². The van der Waals surface area contributed by atoms with Crippen molar-refractivity contribution in [1.82, 2.24) is 0 Å². The van der Waals surface area contributed by atoms with E-state index in [0.717, 1.165) is 0 Å². The van der Waals surface area contributed by atoms with Crippen molar-refractivity contribution >= 4 is 9.32 Å². The predicted octanol–water partition coefficient (Wildman–Crippen LogP) is -3.31. The fourth-order valence-electron chi connectivity index (χ4n) is 0. The van der Waals surface area contributed by atoms with Crippen LogP contribution in [0.25, 0.3) is 0 Å². The monoisotopic (exact) mass is 124 g/mol. The van der Waals surface area contributed by atoms with Gasteiger partial charge in [-0.1, -0.05) is 0 Å². The molecule has 0 unspecified atom stereocenters. The van der Waals surface area contributed by atoms with E-state index in [1.165, 1.54) is 0 Å². The maximum atomic E-state index is 9.94. The summed E-state index contributed by atoms with van der Waals surface area (Å²) in [5.41, 5.74) is 0. The minimum Gasteiger partial charge on any atom is -0.784 e. The second-order valence-corrected chi connectivity index (χ2v) is 1.34. The Balaban J connectivity index is 0. The van der Waals surface area contributed by atoms with Crippen LogP contribution < -0.4 is 34.4 Å². The first kappa shape index (κ1) is 10.1. The van der Waals surface area contributed by atoms with Gasteiger partial charge in [-0.25, -0.2) is 12.3 Å². The van der Waals surface area contributed by atoms with E-state index in [1.54, 1.807) is 0 Å². The number of hydrogen-bond acceptors (Lipinski definition) is 1. The third-order valence-electron chi connectivity index (χ3n) is 0. The minimum atomic E-state index is -6.36. The van der Waals surface area contributed by atoms with Crippen LogP contribution in [0.3, 0.4) is 0 Å². The minimum absolute atomic E-state index is 0. The van der Waals surface area contributed by atoms with Crippen molar-refractivity contribution in [3.63, 3.8) is 0 Å². The molecule has 0 fully saturated rings. The normalized spacial score (nSPS) is 10.0. The maximum absolute atomic E-state index is 9.94. The van der Waals surface area contributed by atoms with Gasteiger partial charge in [-0.05, 0) is 0 Å². The van der Waals surface area contributed by atoms with Crippen molar-refractivity contribution < 1.29 is 46.7 Å². The standard InChI is InChI=1S/F3OSi.Na/c1-5(2,3)4;/q-1;+1. The molecule has 0 heterocycles. The second-order valence-electron chi connectivity index (χ2n) is 0.446. The molecule has 1 nitrogen and oxygen atoms in total. The molecule has 0 bridgehead atoms. The van der Waals surface area contributed by atoms with Crippen LogP contribution in [0.4, 0.5) is 12.3 Å². The van der Waals surface area contributed by atoms with Gasteiger partial charge in [0.2, 0.25) is 0 Å². The average molecular weight is 124 g/mol. The predicted molar refractivity (Wildman–Crippen MR) is 9.08 cm³/mol. The Morgan fingerprint density at radius 3 is 1.17 bits per heavy atom. The van der Waals surface area contributed by atoms with Crippen LogP contribution in [0.5, 0.6) is 0 Å². The van der Waals surface area contributed by atoms with Crippen LogP contribution >= 0.6 is 0 Å². The van der Waals surface area contributed by atoms with Gasteiger partial charge in [-0.15, -0.1) is 0 Å². The van der Waals surface area contributed by atoms with Gasteiger partial charge in [0.15, 0.2) is 0 Å². The summed E-state index contributed by atoms with van der Waals surface area (Å²) in [7, 11) is -6.36. The fraction of sp³-hybridized carbons (Fsp3) is 0. The van der Waals surface area contributed by atoms with Crippen molar-refractivity contribution in [2.75, 3.05) is 0 Å². The van der Waals surface area contributed by atoms with Gasteiger partial charge in [0.05, 0.1) is 0 Å². The Morgan fingerprint density at radius 1 is 1.17 bits per heavy atom. The van der Waals surface area contributed by atoms with Crippen molar-refractivity contribution in [3.8, 4) is 0 Å². The van der Waals surface area contributed by atoms with Crippen molar-refractivity contribution in [3.05, 3.63) is 0 Å². The zero-order valence-corrected chi connectivity index (χ0v) is 6.04. The molecule has 0 aromatic heterocycles. The topological polar surface area (TPSA) is 23.1 Å². The zero-order valence-electron chi connectivity index (χ0n) is 3.04. The fourth-order valence-corrected chi connectivity index (χ4v) is 0. The molecule has 0 aliphatic carbocycles. The van der Waals surface area contributed by atoms with Crippen molar-refractivity contribution in [1.29, 1.82) is 0 Å². The van der Waals surface area contributed by atoms with Crippen LogP contribution in [0.15, 0.2) is 0 Å². The molecule has 6 heavy (non-hydrogen) atoms. The molecule has 0 rings (SSSR count). The molecule has 0 aromatic rings. The average Bonchev–Trinajstić information content (AvgIpc) is 0.722. The van der Waals surface area contributed by atoms with Gasteiger partial charge in [-0.2, -0.15) is 0 Å². The molecule has 0 saturated heterocycles. The van der Waals surface area contributed by atoms with Crippen molar-refractivity contribution in [2.24, 2.45) is 0 Å². The van der Waals surface area contributed by atoms with Gasteiger partial charge < -0.3 is 4.80 Å². The molecular formula is F3NaOSi. The summed E-state index contributed by atoms with van der Waals surface area (Å²) in [6.07, 6.45) is 0. The van der Waals surface area contributed by atoms with E-state index >= 15 is 0 Å². The summed E-state index contributed by atoms with van der Waals surface area (Å²) >= 11 is 0. The smallest absolute Gasteiger partial charge is 0.784 e. The summed E-state index contributed by atoms with van der Waals surface area (Å²) in [6.45, 7) is 0. The molecule has 0 saturated carbocycles. The maximum Gasteiger partial charge on any atom is 1.00 e. The van der Waals surface area contributed by atoms with Crippen LogP contribution in [0.2, 0.25) is 0 Å². The van der Waals surface area contributed by atoms with Gasteiger partial charge in [0.1, 0.15) is 0 Å². The van der Waals surface area contributed by atoms with Crippen LogP contribution in [0.1, 0.15) is 0 Å². The SMILES string of the molecule is [Na+].[O-][Si](F)(F)F. The summed E-state index contributed by atoms with van der Waals surface area (Å²) in [5.74, 6) is 0. The zero-order chi connectivity index (χ0) is 4.50. The van der Waals surface area contributed by atoms with E-state index in [1.807, 2.05) is 0 Å². The first-order chi connectivity index (χ1) is 2.00.